The summed E-state index contributed by atoms with van der Waals surface area (Å²) in [6.45, 7) is 0.839. The van der Waals surface area contributed by atoms with Gasteiger partial charge in [-0.1, -0.05) is 0 Å². The second-order valence-electron chi connectivity index (χ2n) is 5.30. The number of rotatable bonds is 4. The van der Waals surface area contributed by atoms with Gasteiger partial charge in [0.05, 0.1) is 17.0 Å². The van der Waals surface area contributed by atoms with Crippen LogP contribution in [0.25, 0.3) is 0 Å². The number of ether oxygens (including phenoxy) is 1. The lowest BCUT2D eigenvalue weighted by Crippen LogP contribution is -2.54. The minimum absolute atomic E-state index is 0.149. The molecule has 0 atom stereocenters. The minimum Gasteiger partial charge on any atom is -0.394 e. The number of carbonyl (C=O) groups excluding carboxylic acids is 1. The van der Waals surface area contributed by atoms with Crippen LogP contribution in [-0.4, -0.2) is 51.0 Å². The van der Waals surface area contributed by atoms with Gasteiger partial charge in [0.25, 0.3) is 5.91 Å². The summed E-state index contributed by atoms with van der Waals surface area (Å²) in [4.78, 5) is 12.4. The van der Waals surface area contributed by atoms with Crippen LogP contribution in [0.1, 0.15) is 23.2 Å². The Morgan fingerprint density at radius 2 is 1.86 bits per heavy atom. The van der Waals surface area contributed by atoms with Crippen molar-refractivity contribution in [3.8, 4) is 0 Å². The smallest absolute Gasteiger partial charge is 0.251 e. The summed E-state index contributed by atoms with van der Waals surface area (Å²) in [6, 6.07) is 5.74. The number of aliphatic hydroxyl groups is 1. The van der Waals surface area contributed by atoms with Crippen LogP contribution in [0.5, 0.6) is 0 Å². The van der Waals surface area contributed by atoms with E-state index in [0.29, 0.717) is 31.6 Å². The molecule has 0 unspecified atom stereocenters. The molecule has 21 heavy (non-hydrogen) atoms. The van der Waals surface area contributed by atoms with Crippen molar-refractivity contribution in [2.45, 2.75) is 23.3 Å². The SMILES string of the molecule is CS(=O)(=O)c1ccc(C(=O)NC2(CO)CCOCC2)cc1. The number of benzene rings is 1. The lowest BCUT2D eigenvalue weighted by Gasteiger charge is -2.36. The molecule has 1 aliphatic rings. The zero-order valence-electron chi connectivity index (χ0n) is 11.8. The summed E-state index contributed by atoms with van der Waals surface area (Å²) in [5, 5.41) is 12.4. The maximum absolute atomic E-state index is 12.2. The van der Waals surface area contributed by atoms with Crippen LogP contribution < -0.4 is 5.32 Å². The molecule has 1 aliphatic heterocycles. The molecule has 1 amide bonds. The Balaban J connectivity index is 2.13. The van der Waals surface area contributed by atoms with Gasteiger partial charge in [-0.3, -0.25) is 4.79 Å². The van der Waals surface area contributed by atoms with Crippen LogP contribution >= 0.6 is 0 Å². The monoisotopic (exact) mass is 313 g/mol. The fourth-order valence-electron chi connectivity index (χ4n) is 2.25. The Kier molecular flexibility index (Phi) is 4.65. The van der Waals surface area contributed by atoms with E-state index < -0.39 is 15.4 Å². The first-order valence-corrected chi connectivity index (χ1v) is 8.57. The molecule has 6 nitrogen and oxygen atoms in total. The van der Waals surface area contributed by atoms with Crippen LogP contribution in [0.3, 0.4) is 0 Å². The molecule has 0 aliphatic carbocycles. The number of aliphatic hydroxyl groups excluding tert-OH is 1. The predicted octanol–water partition coefficient (Wildman–Crippen LogP) is 0.361. The Bertz CT molecular complexity index is 603. The Morgan fingerprint density at radius 3 is 2.33 bits per heavy atom. The number of hydrogen-bond acceptors (Lipinski definition) is 5. The van der Waals surface area contributed by atoms with E-state index in [0.717, 1.165) is 6.26 Å². The third-order valence-corrected chi connectivity index (χ3v) is 4.80. The molecule has 0 radical (unpaired) electrons. The largest absolute Gasteiger partial charge is 0.394 e. The first kappa shape index (κ1) is 15.9. The number of carbonyl (C=O) groups is 1. The van der Waals surface area contributed by atoms with Crippen LogP contribution in [0.15, 0.2) is 29.2 Å². The third-order valence-electron chi connectivity index (χ3n) is 3.68. The topological polar surface area (TPSA) is 92.7 Å². The van der Waals surface area contributed by atoms with Crippen molar-refractivity contribution in [1.82, 2.24) is 5.32 Å². The Labute approximate surface area is 124 Å². The van der Waals surface area contributed by atoms with Gasteiger partial charge in [0.15, 0.2) is 9.84 Å². The van der Waals surface area contributed by atoms with E-state index in [2.05, 4.69) is 5.32 Å². The minimum atomic E-state index is -3.28. The number of amides is 1. The van der Waals surface area contributed by atoms with Crippen molar-refractivity contribution in [3.05, 3.63) is 29.8 Å². The fraction of sp³-hybridized carbons (Fsp3) is 0.500. The zero-order valence-corrected chi connectivity index (χ0v) is 12.6. The van der Waals surface area contributed by atoms with Crippen molar-refractivity contribution in [2.75, 3.05) is 26.1 Å². The molecule has 2 rings (SSSR count). The Hall–Kier alpha value is -1.44. The second-order valence-corrected chi connectivity index (χ2v) is 7.32. The van der Waals surface area contributed by atoms with Crippen molar-refractivity contribution in [3.63, 3.8) is 0 Å². The molecule has 1 saturated heterocycles. The number of hydrogen-bond donors (Lipinski definition) is 2. The van der Waals surface area contributed by atoms with E-state index in [4.69, 9.17) is 4.74 Å². The highest BCUT2D eigenvalue weighted by molar-refractivity contribution is 7.90. The van der Waals surface area contributed by atoms with Crippen LogP contribution in [-0.2, 0) is 14.6 Å². The molecule has 1 aromatic rings. The van der Waals surface area contributed by atoms with Crippen molar-refractivity contribution < 1.29 is 23.1 Å². The van der Waals surface area contributed by atoms with E-state index >= 15 is 0 Å². The van der Waals surface area contributed by atoms with E-state index in [1.807, 2.05) is 0 Å². The molecular weight excluding hydrogens is 294 g/mol. The average molecular weight is 313 g/mol. The normalized spacial score (nSPS) is 18.2. The van der Waals surface area contributed by atoms with Gasteiger partial charge >= 0.3 is 0 Å². The summed E-state index contributed by atoms with van der Waals surface area (Å²) in [6.07, 6.45) is 2.22. The van der Waals surface area contributed by atoms with E-state index in [1.54, 1.807) is 0 Å². The molecule has 0 aromatic heterocycles. The van der Waals surface area contributed by atoms with E-state index in [1.165, 1.54) is 24.3 Å². The lowest BCUT2D eigenvalue weighted by molar-refractivity contribution is 0.0125. The molecule has 0 spiro atoms. The van der Waals surface area contributed by atoms with Gasteiger partial charge in [-0.25, -0.2) is 8.42 Å². The standard InChI is InChI=1S/C14H19NO5S/c1-21(18,19)12-4-2-11(3-5-12)13(17)15-14(10-16)6-8-20-9-7-14/h2-5,16H,6-10H2,1H3,(H,15,17). The lowest BCUT2D eigenvalue weighted by atomic mass is 9.90. The van der Waals surface area contributed by atoms with E-state index in [9.17, 15) is 18.3 Å². The molecular formula is C14H19NO5S. The molecule has 0 bridgehead atoms. The quantitative estimate of drug-likeness (QED) is 0.837. The number of sulfone groups is 1. The van der Waals surface area contributed by atoms with Crippen LogP contribution in [0, 0.1) is 0 Å². The first-order chi connectivity index (χ1) is 9.86. The Morgan fingerprint density at radius 1 is 1.29 bits per heavy atom. The molecule has 2 N–H and O–H groups in total. The molecule has 1 aromatic carbocycles. The van der Waals surface area contributed by atoms with Gasteiger partial charge < -0.3 is 15.2 Å². The van der Waals surface area contributed by atoms with Crippen molar-refractivity contribution in [2.24, 2.45) is 0 Å². The van der Waals surface area contributed by atoms with Gasteiger partial charge in [-0.15, -0.1) is 0 Å². The van der Waals surface area contributed by atoms with Crippen molar-refractivity contribution in [1.29, 1.82) is 0 Å². The van der Waals surface area contributed by atoms with Crippen LogP contribution in [0.2, 0.25) is 0 Å². The highest BCUT2D eigenvalue weighted by atomic mass is 32.2. The van der Waals surface area contributed by atoms with Gasteiger partial charge in [0, 0.05) is 25.0 Å². The van der Waals surface area contributed by atoms with Crippen molar-refractivity contribution >= 4 is 15.7 Å². The molecule has 0 saturated carbocycles. The molecule has 116 valence electrons. The zero-order chi connectivity index (χ0) is 15.5. The fourth-order valence-corrected chi connectivity index (χ4v) is 2.88. The first-order valence-electron chi connectivity index (χ1n) is 6.68. The van der Waals surface area contributed by atoms with Gasteiger partial charge in [0.1, 0.15) is 0 Å². The molecule has 1 fully saturated rings. The third kappa shape index (κ3) is 3.81. The highest BCUT2D eigenvalue weighted by Gasteiger charge is 2.33. The van der Waals surface area contributed by atoms with E-state index in [-0.39, 0.29) is 17.4 Å². The summed E-state index contributed by atoms with van der Waals surface area (Å²) < 4.78 is 28.0. The average Bonchev–Trinajstić information content (AvgIpc) is 2.47. The van der Waals surface area contributed by atoms with Crippen LogP contribution in [0.4, 0.5) is 0 Å². The van der Waals surface area contributed by atoms with Gasteiger partial charge in [-0.05, 0) is 37.1 Å². The highest BCUT2D eigenvalue weighted by Crippen LogP contribution is 2.21. The molecule has 1 heterocycles. The summed E-state index contributed by atoms with van der Waals surface area (Å²) in [5.41, 5.74) is -0.299. The summed E-state index contributed by atoms with van der Waals surface area (Å²) in [7, 11) is -3.28. The number of nitrogens with one attached hydrogen (secondary N) is 1. The van der Waals surface area contributed by atoms with Gasteiger partial charge in [0.2, 0.25) is 0 Å². The predicted molar refractivity (Wildman–Crippen MR) is 76.9 cm³/mol. The summed E-state index contributed by atoms with van der Waals surface area (Å²) in [5.74, 6) is -0.328. The molecule has 7 heteroatoms. The second kappa shape index (κ2) is 6.13. The maximum Gasteiger partial charge on any atom is 0.251 e. The summed E-state index contributed by atoms with van der Waals surface area (Å²) >= 11 is 0. The maximum atomic E-state index is 12.2. The van der Waals surface area contributed by atoms with Gasteiger partial charge in [-0.2, -0.15) is 0 Å².